The van der Waals surface area contributed by atoms with Crippen LogP contribution in [0.4, 0.5) is 16.2 Å². The third kappa shape index (κ3) is 13.9. The molecule has 5 atom stereocenters. The number of nitrogens with zero attached hydrogens (tertiary/aromatic N) is 5. The number of anilines is 1. The lowest BCUT2D eigenvalue weighted by Crippen LogP contribution is -2.55. The van der Waals surface area contributed by atoms with Gasteiger partial charge in [0.05, 0.1) is 67.5 Å². The number of imide groups is 2. The monoisotopic (exact) mass is 1130 g/mol. The quantitative estimate of drug-likeness (QED) is 0.0633. The Hall–Kier alpha value is -8.70. The average molecular weight is 1130 g/mol. The van der Waals surface area contributed by atoms with Crippen LogP contribution in [0.1, 0.15) is 111 Å². The second-order valence-electron chi connectivity index (χ2n) is 21.2. The van der Waals surface area contributed by atoms with Crippen LogP contribution in [0.25, 0.3) is 0 Å². The van der Waals surface area contributed by atoms with E-state index in [-0.39, 0.29) is 67.4 Å². The van der Waals surface area contributed by atoms with Crippen molar-refractivity contribution in [3.05, 3.63) is 112 Å². The average Bonchev–Trinajstić information content (AvgIpc) is 3.39. The molecule has 5 aliphatic rings. The number of benzene rings is 3. The molecule has 5 heterocycles. The predicted molar refractivity (Wildman–Crippen MR) is 299 cm³/mol. The summed E-state index contributed by atoms with van der Waals surface area (Å²) in [6.45, 7) is 10.7. The molecule has 8 rings (SSSR count). The standard InChI is InChI=1S/C59H69N9O14/c1-33(2)53(55(74)63-50(70)29-62-49(69)17-18-65-51(71)15-16-52(65)72)64-54(73)37(6)60-27-38-11-13-39(14-12-38)32-82-59(78)68-44-26-48(47(79-7)24-42(44)57(76)67-31-35(4)22-45(67)58(68)77)81-20-10-8-9-19-80-46-25-43-41(23-36(46)5)56(75)66-30-34(3)21-40(66)28-61-43/h11-16,23-26,28,30-31,33,37,40,45,53,58,60,77H,8-10,17-22,27,29,32H2,1-7H3,(H,62,69)(H,64,73)(H,63,70,74)/t37?,40-,45-,53-,58-/m0/s1. The van der Waals surface area contributed by atoms with Crippen molar-refractivity contribution >= 4 is 70.9 Å². The summed E-state index contributed by atoms with van der Waals surface area (Å²) in [4.78, 5) is 126. The Morgan fingerprint density at radius 3 is 2.11 bits per heavy atom. The smallest absolute Gasteiger partial charge is 0.416 e. The van der Waals surface area contributed by atoms with Gasteiger partial charge < -0.3 is 49.8 Å². The second-order valence-corrected chi connectivity index (χ2v) is 21.2. The van der Waals surface area contributed by atoms with Gasteiger partial charge in [-0.2, -0.15) is 0 Å². The van der Waals surface area contributed by atoms with E-state index in [1.807, 2.05) is 45.3 Å². The molecule has 0 saturated heterocycles. The minimum Gasteiger partial charge on any atom is -0.493 e. The maximum Gasteiger partial charge on any atom is 0.416 e. The molecule has 3 aromatic rings. The number of aliphatic hydroxyl groups excluding tert-OH is 1. The summed E-state index contributed by atoms with van der Waals surface area (Å²) in [6, 6.07) is 10.9. The van der Waals surface area contributed by atoms with Crippen LogP contribution in [-0.2, 0) is 46.7 Å². The van der Waals surface area contributed by atoms with Crippen molar-refractivity contribution in [3.8, 4) is 17.2 Å². The molecule has 23 nitrogen and oxygen atoms in total. The number of rotatable bonds is 23. The Kier molecular flexibility index (Phi) is 19.0. The van der Waals surface area contributed by atoms with Crippen LogP contribution in [0.15, 0.2) is 89.2 Å². The van der Waals surface area contributed by atoms with Crippen molar-refractivity contribution in [2.45, 2.75) is 124 Å². The Balaban J connectivity index is 0.814. The van der Waals surface area contributed by atoms with E-state index in [2.05, 4.69) is 26.3 Å². The molecular formula is C59H69N9O14. The molecule has 0 aromatic heterocycles. The molecule has 3 aromatic carbocycles. The summed E-state index contributed by atoms with van der Waals surface area (Å²) >= 11 is 0. The minimum atomic E-state index is -1.50. The van der Waals surface area contributed by atoms with Gasteiger partial charge in [0, 0.05) is 62.4 Å². The first kappa shape index (κ1) is 59.4. The molecule has 0 fully saturated rings. The van der Waals surface area contributed by atoms with E-state index in [1.54, 1.807) is 56.1 Å². The van der Waals surface area contributed by atoms with Crippen molar-refractivity contribution < 1.29 is 67.2 Å². The van der Waals surface area contributed by atoms with Crippen LogP contribution < -0.4 is 40.4 Å². The van der Waals surface area contributed by atoms with Gasteiger partial charge >= 0.3 is 6.09 Å². The Morgan fingerprint density at radius 2 is 1.41 bits per heavy atom. The molecule has 0 saturated carbocycles. The lowest BCUT2D eigenvalue weighted by Gasteiger charge is -2.31. The highest BCUT2D eigenvalue weighted by atomic mass is 16.6. The van der Waals surface area contributed by atoms with Crippen molar-refractivity contribution in [3.63, 3.8) is 0 Å². The van der Waals surface area contributed by atoms with Gasteiger partial charge in [-0.25, -0.2) is 9.69 Å². The lowest BCUT2D eigenvalue weighted by atomic mass is 10.0. The van der Waals surface area contributed by atoms with E-state index in [1.165, 1.54) is 24.1 Å². The number of amides is 9. The number of ether oxygens (including phenoxy) is 4. The SMILES string of the molecule is COc1cc2c(cc1OCCCCCOc1cc3c(cc1C)C(=O)N1C=C(C)C[C@H]1C=N3)N(C(=O)OCc1ccc(CNC(C)C(=O)N[C@H](C(=O)NC(=O)CNC(=O)CCN3C(=O)C=CC3=O)C(C)C)cc1)[C@@H](O)[C@@H]1CC(C)=CN1C2=O. The number of fused-ring (bicyclic) bond motifs is 4. The molecule has 0 radical (unpaired) electrons. The Morgan fingerprint density at radius 1 is 0.756 bits per heavy atom. The van der Waals surface area contributed by atoms with E-state index in [0.717, 1.165) is 57.1 Å². The first-order valence-corrected chi connectivity index (χ1v) is 27.3. The summed E-state index contributed by atoms with van der Waals surface area (Å²) in [5, 5.41) is 22.2. The van der Waals surface area contributed by atoms with Crippen molar-refractivity contribution in [1.29, 1.82) is 0 Å². The van der Waals surface area contributed by atoms with Gasteiger partial charge in [0.1, 0.15) is 18.4 Å². The number of hydrogen-bond acceptors (Lipinski definition) is 16. The van der Waals surface area contributed by atoms with Crippen LogP contribution in [0, 0.1) is 12.8 Å². The largest absolute Gasteiger partial charge is 0.493 e. The van der Waals surface area contributed by atoms with Crippen LogP contribution in [0.5, 0.6) is 17.2 Å². The molecule has 1 unspecified atom stereocenters. The zero-order valence-corrected chi connectivity index (χ0v) is 46.9. The molecule has 23 heteroatoms. The summed E-state index contributed by atoms with van der Waals surface area (Å²) in [5.41, 5.74) is 5.48. The zero-order chi connectivity index (χ0) is 58.9. The van der Waals surface area contributed by atoms with Crippen LogP contribution in [0.3, 0.4) is 0 Å². The Labute approximate surface area is 474 Å². The third-order valence-corrected chi connectivity index (χ3v) is 14.6. The van der Waals surface area contributed by atoms with E-state index >= 15 is 0 Å². The number of aliphatic imine (C=N–C) groups is 1. The first-order valence-electron chi connectivity index (χ1n) is 27.3. The van der Waals surface area contributed by atoms with Crippen LogP contribution in [-0.4, -0.2) is 143 Å². The highest BCUT2D eigenvalue weighted by molar-refractivity contribution is 6.13. The molecule has 5 aliphatic heterocycles. The number of nitrogens with one attached hydrogen (secondary N) is 4. The fraction of sp³-hybridized carbons (Fsp3) is 0.424. The molecule has 0 bridgehead atoms. The third-order valence-electron chi connectivity index (χ3n) is 14.6. The number of carbonyl (C=O) groups excluding carboxylic acids is 9. The maximum atomic E-state index is 14.2. The molecule has 9 amide bonds. The topological polar surface area (TPSA) is 284 Å². The van der Waals surface area contributed by atoms with Gasteiger partial charge in [-0.1, -0.05) is 49.3 Å². The highest BCUT2D eigenvalue weighted by Crippen LogP contribution is 2.42. The summed E-state index contributed by atoms with van der Waals surface area (Å²) in [6.07, 6.45) is 8.05. The van der Waals surface area contributed by atoms with E-state index in [9.17, 15) is 48.3 Å². The molecule has 0 spiro atoms. The van der Waals surface area contributed by atoms with Gasteiger partial charge in [-0.3, -0.25) is 53.6 Å². The first-order chi connectivity index (χ1) is 39.2. The lowest BCUT2D eigenvalue weighted by molar-refractivity contribution is -0.138. The van der Waals surface area contributed by atoms with Gasteiger partial charge in [0.2, 0.25) is 23.6 Å². The molecule has 434 valence electrons. The fourth-order valence-electron chi connectivity index (χ4n) is 9.97. The van der Waals surface area contributed by atoms with E-state index < -0.39 is 84.3 Å². The predicted octanol–water partition coefficient (Wildman–Crippen LogP) is 4.75. The van der Waals surface area contributed by atoms with Crippen LogP contribution in [0.2, 0.25) is 0 Å². The summed E-state index contributed by atoms with van der Waals surface area (Å²) in [7, 11) is 1.45. The highest BCUT2D eigenvalue weighted by Gasteiger charge is 2.45. The number of carbonyl (C=O) groups is 9. The summed E-state index contributed by atoms with van der Waals surface area (Å²) in [5.74, 6) is -3.59. The number of unbranched alkanes of at least 4 members (excludes halogenated alkanes) is 2. The Bertz CT molecular complexity index is 3130. The van der Waals surface area contributed by atoms with Gasteiger partial charge in [-0.05, 0) is 94.5 Å². The zero-order valence-electron chi connectivity index (χ0n) is 46.9. The molecular weight excluding hydrogens is 1060 g/mol. The number of methoxy groups -OCH3 is 1. The second kappa shape index (κ2) is 26.3. The van der Waals surface area contributed by atoms with Gasteiger partial charge in [0.15, 0.2) is 17.7 Å². The number of aliphatic hydroxyl groups is 1. The normalized spacial score (nSPS) is 18.6. The number of hydrogen-bond donors (Lipinski definition) is 5. The fourth-order valence-corrected chi connectivity index (χ4v) is 9.97. The van der Waals surface area contributed by atoms with Gasteiger partial charge in [-0.15, -0.1) is 0 Å². The molecule has 0 aliphatic carbocycles. The van der Waals surface area contributed by atoms with Crippen LogP contribution >= 0.6 is 0 Å². The minimum absolute atomic E-state index is 0.0811. The van der Waals surface area contributed by atoms with E-state index in [0.29, 0.717) is 48.4 Å². The molecule has 82 heavy (non-hydrogen) atoms. The van der Waals surface area contributed by atoms with Gasteiger partial charge in [0.25, 0.3) is 23.6 Å². The van der Waals surface area contributed by atoms with Crippen molar-refractivity contribution in [1.82, 2.24) is 36.0 Å². The van der Waals surface area contributed by atoms with Crippen molar-refractivity contribution in [2.75, 3.05) is 38.3 Å². The number of aryl methyl sites for hydroxylation is 1. The molecule has 5 N–H and O–H groups in total. The summed E-state index contributed by atoms with van der Waals surface area (Å²) < 4.78 is 23.9. The van der Waals surface area contributed by atoms with E-state index in [4.69, 9.17) is 18.9 Å². The van der Waals surface area contributed by atoms with Crippen molar-refractivity contribution in [2.24, 2.45) is 10.9 Å². The maximum absolute atomic E-state index is 14.2.